The standard InChI is InChI=1S/C24H26N4O2/c1-30-23-8-7-19(16-26-23)20-13-21(15-25-14-20)24(29)27-22-9-11-28(12-10-22)17-18-5-3-2-4-6-18/h2-8,13-16,22H,9-12,17H2,1H3,(H,27,29). The molecule has 0 unspecified atom stereocenters. The van der Waals surface area contributed by atoms with E-state index >= 15 is 0 Å². The molecule has 6 heteroatoms. The van der Waals surface area contributed by atoms with Crippen LogP contribution in [0.4, 0.5) is 0 Å². The number of hydrogen-bond acceptors (Lipinski definition) is 5. The minimum absolute atomic E-state index is 0.0765. The van der Waals surface area contributed by atoms with Gasteiger partial charge in [-0.1, -0.05) is 30.3 Å². The molecule has 1 saturated heterocycles. The second-order valence-electron chi connectivity index (χ2n) is 7.56. The monoisotopic (exact) mass is 402 g/mol. The number of rotatable bonds is 6. The molecule has 3 aromatic rings. The second-order valence-corrected chi connectivity index (χ2v) is 7.56. The largest absolute Gasteiger partial charge is 0.481 e. The third-order valence-corrected chi connectivity index (χ3v) is 5.45. The maximum Gasteiger partial charge on any atom is 0.253 e. The highest BCUT2D eigenvalue weighted by atomic mass is 16.5. The van der Waals surface area contributed by atoms with Gasteiger partial charge in [0, 0.05) is 61.5 Å². The first-order valence-electron chi connectivity index (χ1n) is 10.2. The van der Waals surface area contributed by atoms with Crippen molar-refractivity contribution in [1.82, 2.24) is 20.2 Å². The number of piperidine rings is 1. The van der Waals surface area contributed by atoms with Gasteiger partial charge in [0.2, 0.25) is 5.88 Å². The van der Waals surface area contributed by atoms with Gasteiger partial charge in [0.25, 0.3) is 5.91 Å². The Balaban J connectivity index is 1.33. The van der Waals surface area contributed by atoms with E-state index in [1.54, 1.807) is 31.8 Å². The van der Waals surface area contributed by atoms with Gasteiger partial charge >= 0.3 is 0 Å². The van der Waals surface area contributed by atoms with Crippen LogP contribution in [0.5, 0.6) is 5.88 Å². The first kappa shape index (κ1) is 20.0. The third kappa shape index (κ3) is 5.02. The molecule has 0 aliphatic carbocycles. The van der Waals surface area contributed by atoms with Crippen LogP contribution in [0.2, 0.25) is 0 Å². The molecule has 1 aromatic carbocycles. The van der Waals surface area contributed by atoms with Crippen molar-refractivity contribution in [3.63, 3.8) is 0 Å². The first-order chi connectivity index (χ1) is 14.7. The molecule has 1 aliphatic rings. The molecule has 2 aromatic heterocycles. The Morgan fingerprint density at radius 3 is 2.57 bits per heavy atom. The van der Waals surface area contributed by atoms with Crippen LogP contribution in [0.3, 0.4) is 0 Å². The van der Waals surface area contributed by atoms with Gasteiger partial charge in [-0.2, -0.15) is 0 Å². The lowest BCUT2D eigenvalue weighted by Crippen LogP contribution is -2.44. The summed E-state index contributed by atoms with van der Waals surface area (Å²) in [6.07, 6.45) is 6.98. The molecule has 1 N–H and O–H groups in total. The molecule has 0 radical (unpaired) electrons. The highest BCUT2D eigenvalue weighted by Crippen LogP contribution is 2.21. The number of carbonyl (C=O) groups is 1. The van der Waals surface area contributed by atoms with Gasteiger partial charge in [0.05, 0.1) is 12.7 Å². The van der Waals surface area contributed by atoms with E-state index in [4.69, 9.17) is 4.74 Å². The van der Waals surface area contributed by atoms with Crippen LogP contribution in [0.15, 0.2) is 67.1 Å². The molecule has 1 aliphatic heterocycles. The average Bonchev–Trinajstić information content (AvgIpc) is 2.81. The fourth-order valence-corrected chi connectivity index (χ4v) is 3.74. The van der Waals surface area contributed by atoms with Crippen molar-refractivity contribution >= 4 is 5.91 Å². The van der Waals surface area contributed by atoms with E-state index in [-0.39, 0.29) is 11.9 Å². The molecule has 6 nitrogen and oxygen atoms in total. The van der Waals surface area contributed by atoms with Crippen molar-refractivity contribution in [2.45, 2.75) is 25.4 Å². The number of carbonyl (C=O) groups excluding carboxylic acids is 1. The Morgan fingerprint density at radius 1 is 1.07 bits per heavy atom. The zero-order chi connectivity index (χ0) is 20.8. The van der Waals surface area contributed by atoms with E-state index in [9.17, 15) is 4.79 Å². The topological polar surface area (TPSA) is 67.3 Å². The number of likely N-dealkylation sites (tertiary alicyclic amines) is 1. The first-order valence-corrected chi connectivity index (χ1v) is 10.2. The fraction of sp³-hybridized carbons (Fsp3) is 0.292. The number of pyridine rings is 2. The predicted molar refractivity (Wildman–Crippen MR) is 116 cm³/mol. The van der Waals surface area contributed by atoms with Crippen LogP contribution in [-0.4, -0.2) is 47.0 Å². The Hall–Kier alpha value is -3.25. The molecule has 1 fully saturated rings. The summed E-state index contributed by atoms with van der Waals surface area (Å²) in [6.45, 7) is 2.93. The number of hydrogen-bond donors (Lipinski definition) is 1. The molecule has 154 valence electrons. The summed E-state index contributed by atoms with van der Waals surface area (Å²) in [5.74, 6) is 0.478. The SMILES string of the molecule is COc1ccc(-c2cncc(C(=O)NC3CCN(Cc4ccccc4)CC3)c2)cn1. The number of nitrogens with one attached hydrogen (secondary N) is 1. The smallest absolute Gasteiger partial charge is 0.253 e. The van der Waals surface area contributed by atoms with Crippen LogP contribution in [0, 0.1) is 0 Å². The van der Waals surface area contributed by atoms with E-state index < -0.39 is 0 Å². The molecule has 3 heterocycles. The molecular formula is C24H26N4O2. The molecular weight excluding hydrogens is 376 g/mol. The van der Waals surface area contributed by atoms with Crippen LogP contribution in [0.25, 0.3) is 11.1 Å². The van der Waals surface area contributed by atoms with E-state index in [2.05, 4.69) is 44.5 Å². The Labute approximate surface area is 176 Å². The fourth-order valence-electron chi connectivity index (χ4n) is 3.74. The van der Waals surface area contributed by atoms with Crippen LogP contribution in [-0.2, 0) is 6.54 Å². The molecule has 1 amide bonds. The normalized spacial score (nSPS) is 15.0. The number of ether oxygens (including phenoxy) is 1. The van der Waals surface area contributed by atoms with E-state index in [1.807, 2.05) is 18.2 Å². The minimum Gasteiger partial charge on any atom is -0.481 e. The van der Waals surface area contributed by atoms with Crippen LogP contribution < -0.4 is 10.1 Å². The highest BCUT2D eigenvalue weighted by Gasteiger charge is 2.21. The summed E-state index contributed by atoms with van der Waals surface area (Å²) in [6, 6.07) is 16.3. The number of methoxy groups -OCH3 is 1. The van der Waals surface area contributed by atoms with Gasteiger partial charge in [-0.25, -0.2) is 4.98 Å². The van der Waals surface area contributed by atoms with Crippen molar-refractivity contribution in [3.05, 3.63) is 78.2 Å². The molecule has 4 rings (SSSR count). The van der Waals surface area contributed by atoms with Crippen molar-refractivity contribution in [3.8, 4) is 17.0 Å². The number of nitrogens with zero attached hydrogens (tertiary/aromatic N) is 3. The second kappa shape index (κ2) is 9.50. The van der Waals surface area contributed by atoms with E-state index in [0.717, 1.165) is 43.6 Å². The lowest BCUT2D eigenvalue weighted by Gasteiger charge is -2.32. The van der Waals surface area contributed by atoms with Gasteiger partial charge in [0.15, 0.2) is 0 Å². The number of benzene rings is 1. The minimum atomic E-state index is -0.0765. The summed E-state index contributed by atoms with van der Waals surface area (Å²) in [5.41, 5.74) is 3.65. The van der Waals surface area contributed by atoms with E-state index in [0.29, 0.717) is 11.4 Å². The quantitative estimate of drug-likeness (QED) is 0.683. The van der Waals surface area contributed by atoms with Gasteiger partial charge in [0.1, 0.15) is 0 Å². The summed E-state index contributed by atoms with van der Waals surface area (Å²) in [7, 11) is 1.58. The molecule has 30 heavy (non-hydrogen) atoms. The van der Waals surface area contributed by atoms with Crippen molar-refractivity contribution < 1.29 is 9.53 Å². The average molecular weight is 402 g/mol. The zero-order valence-corrected chi connectivity index (χ0v) is 17.1. The number of amides is 1. The van der Waals surface area contributed by atoms with Crippen molar-refractivity contribution in [1.29, 1.82) is 0 Å². The highest BCUT2D eigenvalue weighted by molar-refractivity contribution is 5.95. The van der Waals surface area contributed by atoms with Crippen molar-refractivity contribution in [2.24, 2.45) is 0 Å². The van der Waals surface area contributed by atoms with Crippen molar-refractivity contribution in [2.75, 3.05) is 20.2 Å². The molecule has 0 bridgehead atoms. The maximum absolute atomic E-state index is 12.8. The Morgan fingerprint density at radius 2 is 1.87 bits per heavy atom. The van der Waals surface area contributed by atoms with Crippen LogP contribution >= 0.6 is 0 Å². The molecule has 0 spiro atoms. The van der Waals surface area contributed by atoms with Gasteiger partial charge in [-0.3, -0.25) is 14.7 Å². The van der Waals surface area contributed by atoms with Gasteiger partial charge in [-0.15, -0.1) is 0 Å². The summed E-state index contributed by atoms with van der Waals surface area (Å²) < 4.78 is 5.10. The lowest BCUT2D eigenvalue weighted by atomic mass is 10.0. The lowest BCUT2D eigenvalue weighted by molar-refractivity contribution is 0.0908. The van der Waals surface area contributed by atoms with E-state index in [1.165, 1.54) is 5.56 Å². The third-order valence-electron chi connectivity index (χ3n) is 5.45. The zero-order valence-electron chi connectivity index (χ0n) is 17.1. The van der Waals surface area contributed by atoms with Gasteiger partial charge < -0.3 is 10.1 Å². The number of aromatic nitrogens is 2. The summed E-state index contributed by atoms with van der Waals surface area (Å²) in [4.78, 5) is 23.7. The molecule has 0 saturated carbocycles. The molecule has 0 atom stereocenters. The predicted octanol–water partition coefficient (Wildman–Crippen LogP) is 3.55. The summed E-state index contributed by atoms with van der Waals surface area (Å²) in [5, 5.41) is 3.18. The Kier molecular flexibility index (Phi) is 6.35. The maximum atomic E-state index is 12.8. The summed E-state index contributed by atoms with van der Waals surface area (Å²) >= 11 is 0. The van der Waals surface area contributed by atoms with Crippen LogP contribution in [0.1, 0.15) is 28.8 Å². The Bertz CT molecular complexity index is 968. The van der Waals surface area contributed by atoms with Gasteiger partial charge in [-0.05, 0) is 30.5 Å².